The zero-order chi connectivity index (χ0) is 15.7. The molecule has 116 valence electrons. The van der Waals surface area contributed by atoms with Gasteiger partial charge in [0.05, 0.1) is 29.7 Å². The van der Waals surface area contributed by atoms with Crippen LogP contribution in [0.2, 0.25) is 0 Å². The molecule has 0 aromatic heterocycles. The van der Waals surface area contributed by atoms with Gasteiger partial charge >= 0.3 is 0 Å². The molecule has 1 fully saturated rings. The minimum atomic E-state index is -3.91. The molecule has 1 aliphatic heterocycles. The van der Waals surface area contributed by atoms with Crippen LogP contribution in [-0.2, 0) is 13.8 Å². The van der Waals surface area contributed by atoms with Gasteiger partial charge in [0.25, 0.3) is 15.0 Å². The molecule has 6 nitrogen and oxygen atoms in total. The lowest BCUT2D eigenvalue weighted by molar-refractivity contribution is 0.0886. The van der Waals surface area contributed by atoms with Crippen LogP contribution in [0.15, 0.2) is 23.1 Å². The van der Waals surface area contributed by atoms with Crippen LogP contribution in [0, 0.1) is 0 Å². The van der Waals surface area contributed by atoms with E-state index in [9.17, 15) is 13.2 Å². The minimum Gasteiger partial charge on any atom is -0.496 e. The van der Waals surface area contributed by atoms with Crippen molar-refractivity contribution in [2.45, 2.75) is 23.8 Å². The summed E-state index contributed by atoms with van der Waals surface area (Å²) in [5, 5.41) is 2.84. The zero-order valence-corrected chi connectivity index (χ0v) is 13.3. The Kier molecular flexibility index (Phi) is 4.46. The number of benzene rings is 1. The van der Waals surface area contributed by atoms with Gasteiger partial charge in [0, 0.05) is 17.3 Å². The first-order valence-electron chi connectivity index (χ1n) is 6.28. The summed E-state index contributed by atoms with van der Waals surface area (Å²) in [5.74, 6) is -0.152. The smallest absolute Gasteiger partial charge is 0.261 e. The monoisotopic (exact) mass is 333 g/mol. The summed E-state index contributed by atoms with van der Waals surface area (Å²) in [7, 11) is 2.80. The van der Waals surface area contributed by atoms with Crippen molar-refractivity contribution in [3.05, 3.63) is 23.8 Å². The number of nitrogens with one attached hydrogen (secondary N) is 1. The highest BCUT2D eigenvalue weighted by Gasteiger charge is 2.32. The van der Waals surface area contributed by atoms with E-state index in [1.165, 1.54) is 25.3 Å². The summed E-state index contributed by atoms with van der Waals surface area (Å²) >= 11 is 0. The van der Waals surface area contributed by atoms with E-state index >= 15 is 0 Å². The van der Waals surface area contributed by atoms with E-state index < -0.39 is 20.5 Å². The SMILES string of the molecule is COc1ccc(S(=O)(=O)Cl)cc1C(=O)NC1(C)CCOC1. The molecule has 0 saturated carbocycles. The van der Waals surface area contributed by atoms with Crippen molar-refractivity contribution in [1.29, 1.82) is 0 Å². The van der Waals surface area contributed by atoms with E-state index in [1.807, 2.05) is 6.92 Å². The van der Waals surface area contributed by atoms with Crippen LogP contribution in [0.1, 0.15) is 23.7 Å². The average Bonchev–Trinajstić information content (AvgIpc) is 2.83. The third-order valence-corrected chi connectivity index (χ3v) is 4.68. The highest BCUT2D eigenvalue weighted by molar-refractivity contribution is 8.13. The lowest BCUT2D eigenvalue weighted by Gasteiger charge is -2.24. The fourth-order valence-corrected chi connectivity index (χ4v) is 2.90. The first-order valence-corrected chi connectivity index (χ1v) is 8.59. The third kappa shape index (κ3) is 3.66. The molecule has 1 unspecified atom stereocenters. The molecule has 1 aliphatic rings. The van der Waals surface area contributed by atoms with Gasteiger partial charge in [-0.2, -0.15) is 0 Å². The van der Waals surface area contributed by atoms with Crippen molar-refractivity contribution in [2.24, 2.45) is 0 Å². The molecular weight excluding hydrogens is 318 g/mol. The van der Waals surface area contributed by atoms with Gasteiger partial charge in [-0.1, -0.05) is 0 Å². The van der Waals surface area contributed by atoms with E-state index in [1.54, 1.807) is 0 Å². The summed E-state index contributed by atoms with van der Waals surface area (Å²) in [6.45, 7) is 2.85. The van der Waals surface area contributed by atoms with Gasteiger partial charge in [-0.05, 0) is 31.5 Å². The first kappa shape index (κ1) is 16.1. The van der Waals surface area contributed by atoms with Crippen LogP contribution in [0.3, 0.4) is 0 Å². The van der Waals surface area contributed by atoms with Gasteiger partial charge < -0.3 is 14.8 Å². The van der Waals surface area contributed by atoms with E-state index in [2.05, 4.69) is 5.32 Å². The maximum atomic E-state index is 12.4. The third-order valence-electron chi connectivity index (χ3n) is 3.33. The number of halogens is 1. The van der Waals surface area contributed by atoms with Gasteiger partial charge in [-0.15, -0.1) is 0 Å². The predicted molar refractivity (Wildman–Crippen MR) is 77.3 cm³/mol. The molecule has 21 heavy (non-hydrogen) atoms. The van der Waals surface area contributed by atoms with Crippen molar-refractivity contribution >= 4 is 25.6 Å². The van der Waals surface area contributed by atoms with Crippen LogP contribution in [-0.4, -0.2) is 40.2 Å². The molecule has 0 aliphatic carbocycles. The molecule has 1 aromatic rings. The number of rotatable bonds is 4. The van der Waals surface area contributed by atoms with Crippen molar-refractivity contribution in [1.82, 2.24) is 5.32 Å². The first-order chi connectivity index (χ1) is 9.75. The molecular formula is C13H16ClNO5S. The predicted octanol–water partition coefficient (Wildman–Crippen LogP) is 1.53. The minimum absolute atomic E-state index is 0.118. The standard InChI is InChI=1S/C13H16ClNO5S/c1-13(5-6-20-8-13)15-12(16)10-7-9(21(14,17)18)3-4-11(10)19-2/h3-4,7H,5-6,8H2,1-2H3,(H,15,16). The van der Waals surface area contributed by atoms with E-state index in [0.717, 1.165) is 0 Å². The number of hydrogen-bond acceptors (Lipinski definition) is 5. The molecule has 0 spiro atoms. The number of methoxy groups -OCH3 is 1. The van der Waals surface area contributed by atoms with Crippen molar-refractivity contribution in [2.75, 3.05) is 20.3 Å². The number of amides is 1. The maximum absolute atomic E-state index is 12.4. The summed E-state index contributed by atoms with van der Waals surface area (Å²) in [4.78, 5) is 12.2. The molecule has 1 amide bonds. The average molecular weight is 334 g/mol. The fourth-order valence-electron chi connectivity index (χ4n) is 2.12. The molecule has 0 radical (unpaired) electrons. The van der Waals surface area contributed by atoms with Crippen molar-refractivity contribution in [3.8, 4) is 5.75 Å². The van der Waals surface area contributed by atoms with Gasteiger partial charge in [0.1, 0.15) is 5.75 Å². The van der Waals surface area contributed by atoms with E-state index in [4.69, 9.17) is 20.2 Å². The van der Waals surface area contributed by atoms with Crippen LogP contribution in [0.4, 0.5) is 0 Å². The highest BCUT2D eigenvalue weighted by atomic mass is 35.7. The summed E-state index contributed by atoms with van der Waals surface area (Å²) in [6, 6.07) is 3.89. The van der Waals surface area contributed by atoms with E-state index in [-0.39, 0.29) is 16.2 Å². The van der Waals surface area contributed by atoms with Crippen LogP contribution in [0.25, 0.3) is 0 Å². The van der Waals surface area contributed by atoms with E-state index in [0.29, 0.717) is 19.6 Å². The zero-order valence-electron chi connectivity index (χ0n) is 11.7. The van der Waals surface area contributed by atoms with Gasteiger partial charge in [-0.25, -0.2) is 8.42 Å². The summed E-state index contributed by atoms with van der Waals surface area (Å²) < 4.78 is 33.1. The molecule has 1 heterocycles. The Morgan fingerprint density at radius 1 is 1.48 bits per heavy atom. The van der Waals surface area contributed by atoms with Crippen molar-refractivity contribution in [3.63, 3.8) is 0 Å². The Balaban J connectivity index is 2.34. The molecule has 1 saturated heterocycles. The Labute approximate surface area is 127 Å². The number of hydrogen-bond donors (Lipinski definition) is 1. The Morgan fingerprint density at radius 2 is 2.19 bits per heavy atom. The molecule has 1 aromatic carbocycles. The lowest BCUT2D eigenvalue weighted by Crippen LogP contribution is -2.46. The fraction of sp³-hybridized carbons (Fsp3) is 0.462. The van der Waals surface area contributed by atoms with Crippen LogP contribution >= 0.6 is 10.7 Å². The Hall–Kier alpha value is -1.31. The largest absolute Gasteiger partial charge is 0.496 e. The quantitative estimate of drug-likeness (QED) is 0.845. The Morgan fingerprint density at radius 3 is 2.71 bits per heavy atom. The summed E-state index contributed by atoms with van der Waals surface area (Å²) in [6.07, 6.45) is 0.689. The molecule has 2 rings (SSSR count). The molecule has 8 heteroatoms. The lowest BCUT2D eigenvalue weighted by atomic mass is 10.0. The highest BCUT2D eigenvalue weighted by Crippen LogP contribution is 2.26. The second-order valence-corrected chi connectivity index (χ2v) is 7.68. The Bertz CT molecular complexity index is 653. The maximum Gasteiger partial charge on any atom is 0.261 e. The van der Waals surface area contributed by atoms with Gasteiger partial charge in [0.15, 0.2) is 0 Å². The summed E-state index contributed by atoms with van der Waals surface area (Å²) in [5.41, 5.74) is -0.356. The van der Waals surface area contributed by atoms with Crippen LogP contribution < -0.4 is 10.1 Å². The van der Waals surface area contributed by atoms with Crippen molar-refractivity contribution < 1.29 is 22.7 Å². The van der Waals surface area contributed by atoms with Gasteiger partial charge in [0.2, 0.25) is 0 Å². The number of ether oxygens (including phenoxy) is 2. The normalized spacial score (nSPS) is 22.0. The molecule has 0 bridgehead atoms. The second kappa shape index (κ2) is 5.82. The molecule has 1 atom stereocenters. The van der Waals surface area contributed by atoms with Gasteiger partial charge in [-0.3, -0.25) is 4.79 Å². The number of carbonyl (C=O) groups is 1. The topological polar surface area (TPSA) is 81.7 Å². The second-order valence-electron chi connectivity index (χ2n) is 5.12. The van der Waals surface area contributed by atoms with Crippen LogP contribution in [0.5, 0.6) is 5.75 Å². The molecule has 1 N–H and O–H groups in total. The number of carbonyl (C=O) groups excluding carboxylic acids is 1.